The molecule has 19 heavy (non-hydrogen) atoms. The maximum atomic E-state index is 6.11. The average molecular weight is 332 g/mol. The summed E-state index contributed by atoms with van der Waals surface area (Å²) in [6, 6.07) is 7.69. The molecule has 0 atom stereocenters. The van der Waals surface area contributed by atoms with Crippen molar-refractivity contribution in [1.82, 2.24) is 9.40 Å². The minimum Gasteiger partial charge on any atom is -0.308 e. The average Bonchev–Trinajstić information content (AvgIpc) is 2.90. The van der Waals surface area contributed by atoms with Crippen LogP contribution in [0.2, 0.25) is 5.02 Å². The highest BCUT2D eigenvalue weighted by molar-refractivity contribution is 7.80. The molecule has 100 valence electrons. The Kier molecular flexibility index (Phi) is 5.39. The molecule has 1 aromatic heterocycles. The topological polar surface area (TPSA) is 28.2 Å². The molecule has 0 aliphatic heterocycles. The Morgan fingerprint density at radius 2 is 2.21 bits per heavy atom. The van der Waals surface area contributed by atoms with Crippen molar-refractivity contribution < 1.29 is 0 Å². The first-order valence-electron chi connectivity index (χ1n) is 5.54. The summed E-state index contributed by atoms with van der Waals surface area (Å²) in [5.41, 5.74) is 1.05. The van der Waals surface area contributed by atoms with E-state index >= 15 is 0 Å². The van der Waals surface area contributed by atoms with Gasteiger partial charge in [-0.25, -0.2) is 4.98 Å². The Bertz CT molecular complexity index is 546. The standard InChI is InChI=1S/C12H11Cl2N3S2/c13-10-4-2-1-3-9(10)5-7-17(14)12(18)16-11-15-6-8-19-11/h1-4,6,8H,5,7H2,(H,15,16,18). The van der Waals surface area contributed by atoms with Gasteiger partial charge in [-0.05, 0) is 30.3 Å². The van der Waals surface area contributed by atoms with Crippen molar-refractivity contribution in [3.63, 3.8) is 0 Å². The van der Waals surface area contributed by atoms with Gasteiger partial charge in [-0.1, -0.05) is 29.8 Å². The highest BCUT2D eigenvalue weighted by Crippen LogP contribution is 2.17. The van der Waals surface area contributed by atoms with Gasteiger partial charge in [0.25, 0.3) is 0 Å². The van der Waals surface area contributed by atoms with Crippen LogP contribution in [-0.2, 0) is 6.42 Å². The summed E-state index contributed by atoms with van der Waals surface area (Å²) in [5, 5.41) is 6.75. The van der Waals surface area contributed by atoms with Crippen molar-refractivity contribution in [3.8, 4) is 0 Å². The van der Waals surface area contributed by atoms with Gasteiger partial charge in [-0.2, -0.15) is 0 Å². The van der Waals surface area contributed by atoms with Gasteiger partial charge >= 0.3 is 0 Å². The van der Waals surface area contributed by atoms with E-state index in [0.29, 0.717) is 11.7 Å². The number of nitrogens with zero attached hydrogens (tertiary/aromatic N) is 2. The summed E-state index contributed by atoms with van der Waals surface area (Å²) in [6.45, 7) is 0.572. The second kappa shape index (κ2) is 7.05. The van der Waals surface area contributed by atoms with Crippen molar-refractivity contribution in [2.24, 2.45) is 0 Å². The molecule has 0 saturated heterocycles. The van der Waals surface area contributed by atoms with Crippen LogP contribution >= 0.6 is 46.9 Å². The van der Waals surface area contributed by atoms with Crippen LogP contribution in [0.15, 0.2) is 35.8 Å². The van der Waals surface area contributed by atoms with E-state index < -0.39 is 0 Å². The lowest BCUT2D eigenvalue weighted by Crippen LogP contribution is -2.28. The Labute approximate surface area is 131 Å². The van der Waals surface area contributed by atoms with Crippen LogP contribution < -0.4 is 5.32 Å². The van der Waals surface area contributed by atoms with Gasteiger partial charge in [-0.15, -0.1) is 11.3 Å². The lowest BCUT2D eigenvalue weighted by molar-refractivity contribution is 0.658. The van der Waals surface area contributed by atoms with Gasteiger partial charge in [0.2, 0.25) is 0 Å². The fourth-order valence-corrected chi connectivity index (χ4v) is 2.60. The van der Waals surface area contributed by atoms with Gasteiger partial charge in [0.15, 0.2) is 10.2 Å². The third-order valence-corrected chi connectivity index (χ3v) is 4.22. The molecule has 0 fully saturated rings. The van der Waals surface area contributed by atoms with E-state index in [1.807, 2.05) is 29.6 Å². The first-order valence-corrected chi connectivity index (χ1v) is 7.54. The van der Waals surface area contributed by atoms with Crippen LogP contribution in [0.25, 0.3) is 0 Å². The number of thiazole rings is 1. The third kappa shape index (κ3) is 4.31. The second-order valence-corrected chi connectivity index (χ2v) is 5.79. The number of hydrogen-bond acceptors (Lipinski definition) is 3. The maximum Gasteiger partial charge on any atom is 0.189 e. The maximum absolute atomic E-state index is 6.11. The van der Waals surface area contributed by atoms with E-state index in [9.17, 15) is 0 Å². The van der Waals surface area contributed by atoms with Crippen molar-refractivity contribution in [1.29, 1.82) is 0 Å². The van der Waals surface area contributed by atoms with E-state index in [-0.39, 0.29) is 0 Å². The molecule has 1 heterocycles. The number of hydrogen-bond donors (Lipinski definition) is 1. The summed E-state index contributed by atoms with van der Waals surface area (Å²) in [4.78, 5) is 4.08. The molecule has 0 aliphatic carbocycles. The van der Waals surface area contributed by atoms with E-state index in [2.05, 4.69) is 10.3 Å². The minimum atomic E-state index is 0.434. The monoisotopic (exact) mass is 331 g/mol. The van der Waals surface area contributed by atoms with E-state index in [1.165, 1.54) is 15.8 Å². The van der Waals surface area contributed by atoms with Crippen molar-refractivity contribution in [2.75, 3.05) is 11.9 Å². The Balaban J connectivity index is 1.86. The van der Waals surface area contributed by atoms with Gasteiger partial charge in [0, 0.05) is 34.9 Å². The second-order valence-electron chi connectivity index (χ2n) is 3.69. The molecule has 2 rings (SSSR count). The van der Waals surface area contributed by atoms with Gasteiger partial charge in [0.05, 0.1) is 0 Å². The Morgan fingerprint density at radius 3 is 2.89 bits per heavy atom. The number of halogens is 2. The molecular formula is C12H11Cl2N3S2. The quantitative estimate of drug-likeness (QED) is 0.671. The predicted octanol–water partition coefficient (Wildman–Crippen LogP) is 4.19. The molecule has 7 heteroatoms. The minimum absolute atomic E-state index is 0.434. The van der Waals surface area contributed by atoms with E-state index in [4.69, 9.17) is 35.6 Å². The molecule has 0 amide bonds. The van der Waals surface area contributed by atoms with Crippen LogP contribution in [0.4, 0.5) is 5.13 Å². The fourth-order valence-electron chi connectivity index (χ4n) is 1.46. The van der Waals surface area contributed by atoms with E-state index in [1.54, 1.807) is 6.20 Å². The van der Waals surface area contributed by atoms with Crippen LogP contribution in [0.1, 0.15) is 5.56 Å². The van der Waals surface area contributed by atoms with Gasteiger partial charge in [-0.3, -0.25) is 4.42 Å². The molecule has 0 radical (unpaired) electrons. The number of anilines is 1. The molecule has 0 spiro atoms. The lowest BCUT2D eigenvalue weighted by atomic mass is 10.1. The van der Waals surface area contributed by atoms with Gasteiger partial charge < -0.3 is 5.32 Å². The molecule has 1 aromatic carbocycles. The molecule has 0 saturated carbocycles. The molecule has 2 aromatic rings. The van der Waals surface area contributed by atoms with Crippen LogP contribution in [0, 0.1) is 0 Å². The first kappa shape index (κ1) is 14.5. The Morgan fingerprint density at radius 1 is 1.42 bits per heavy atom. The summed E-state index contributed by atoms with van der Waals surface area (Å²) >= 11 is 18.9. The number of thiocarbonyl (C=S) groups is 1. The smallest absolute Gasteiger partial charge is 0.189 e. The van der Waals surface area contributed by atoms with Crippen LogP contribution in [0.3, 0.4) is 0 Å². The van der Waals surface area contributed by atoms with Crippen molar-refractivity contribution in [2.45, 2.75) is 6.42 Å². The largest absolute Gasteiger partial charge is 0.308 e. The molecule has 3 nitrogen and oxygen atoms in total. The number of aromatic nitrogens is 1. The number of benzene rings is 1. The van der Waals surface area contributed by atoms with Crippen LogP contribution in [-0.4, -0.2) is 21.1 Å². The van der Waals surface area contributed by atoms with E-state index in [0.717, 1.165) is 22.1 Å². The molecule has 0 bridgehead atoms. The molecule has 0 aliphatic rings. The highest BCUT2D eigenvalue weighted by atomic mass is 35.5. The fraction of sp³-hybridized carbons (Fsp3) is 0.167. The SMILES string of the molecule is S=C(Nc1nccs1)N(Cl)CCc1ccccc1Cl. The zero-order valence-corrected chi connectivity index (χ0v) is 13.0. The number of rotatable bonds is 4. The first-order chi connectivity index (χ1) is 9.16. The third-order valence-electron chi connectivity index (χ3n) is 2.40. The Hall–Kier alpha value is -0.880. The van der Waals surface area contributed by atoms with Crippen molar-refractivity contribution >= 4 is 57.2 Å². The zero-order valence-electron chi connectivity index (χ0n) is 9.85. The highest BCUT2D eigenvalue weighted by Gasteiger charge is 2.09. The molecular weight excluding hydrogens is 321 g/mol. The zero-order chi connectivity index (χ0) is 13.7. The lowest BCUT2D eigenvalue weighted by Gasteiger charge is -2.17. The summed E-state index contributed by atoms with van der Waals surface area (Å²) in [7, 11) is 0. The van der Waals surface area contributed by atoms with Crippen LogP contribution in [0.5, 0.6) is 0 Å². The predicted molar refractivity (Wildman–Crippen MR) is 86.0 cm³/mol. The summed E-state index contributed by atoms with van der Waals surface area (Å²) in [5.74, 6) is 0. The molecule has 0 unspecified atom stereocenters. The van der Waals surface area contributed by atoms with Gasteiger partial charge in [0.1, 0.15) is 0 Å². The normalized spacial score (nSPS) is 10.2. The number of nitrogens with one attached hydrogen (secondary N) is 1. The summed E-state index contributed by atoms with van der Waals surface area (Å²) in [6.07, 6.45) is 2.43. The molecule has 1 N–H and O–H groups in total. The van der Waals surface area contributed by atoms with Crippen molar-refractivity contribution in [3.05, 3.63) is 46.4 Å². The summed E-state index contributed by atoms with van der Waals surface area (Å²) < 4.78 is 1.46.